The third kappa shape index (κ3) is 7.22. The average Bonchev–Trinajstić information content (AvgIpc) is 3.15. The number of aromatic nitrogens is 3. The molecule has 30 heavy (non-hydrogen) atoms. The molecule has 2 unspecified atom stereocenters. The second kappa shape index (κ2) is 11.1. The molecule has 1 amide bonds. The molecule has 12 nitrogen and oxygen atoms in total. The molecule has 0 aliphatic heterocycles. The van der Waals surface area contributed by atoms with E-state index in [1.807, 2.05) is 6.07 Å². The summed E-state index contributed by atoms with van der Waals surface area (Å²) in [5.74, 6) is -2.41. The van der Waals surface area contributed by atoms with Gasteiger partial charge < -0.3 is 19.7 Å². The van der Waals surface area contributed by atoms with Gasteiger partial charge in [0.1, 0.15) is 6.61 Å². The maximum atomic E-state index is 11.9. The third-order valence-electron chi connectivity index (χ3n) is 3.90. The second-order valence-corrected chi connectivity index (χ2v) is 6.11. The van der Waals surface area contributed by atoms with Gasteiger partial charge in [-0.05, 0) is 12.0 Å². The van der Waals surface area contributed by atoms with E-state index >= 15 is 0 Å². The molecule has 1 aromatic heterocycles. The van der Waals surface area contributed by atoms with Gasteiger partial charge in [0.2, 0.25) is 0 Å². The van der Waals surface area contributed by atoms with Gasteiger partial charge in [-0.25, -0.2) is 14.3 Å². The van der Waals surface area contributed by atoms with Crippen LogP contribution in [0.15, 0.2) is 36.5 Å². The molecule has 0 spiro atoms. The van der Waals surface area contributed by atoms with Crippen LogP contribution in [-0.2, 0) is 36.9 Å². The van der Waals surface area contributed by atoms with Crippen LogP contribution in [-0.4, -0.2) is 55.9 Å². The zero-order valence-electron chi connectivity index (χ0n) is 15.7. The van der Waals surface area contributed by atoms with E-state index in [9.17, 15) is 24.3 Å². The highest BCUT2D eigenvalue weighted by molar-refractivity contribution is 5.73. The van der Waals surface area contributed by atoms with Crippen molar-refractivity contribution in [2.24, 2.45) is 0 Å². The minimum Gasteiger partial charge on any atom is -0.481 e. The van der Waals surface area contributed by atoms with Crippen molar-refractivity contribution in [2.75, 3.05) is 0 Å². The van der Waals surface area contributed by atoms with Gasteiger partial charge in [-0.3, -0.25) is 14.9 Å². The highest BCUT2D eigenvalue weighted by Gasteiger charge is 2.24. The molecular formula is C18H20N4O8. The molecule has 0 saturated carbocycles. The minimum absolute atomic E-state index is 0.0144. The number of carbonyl (C=O) groups excluding carboxylic acids is 2. The van der Waals surface area contributed by atoms with Crippen molar-refractivity contribution in [3.63, 3.8) is 0 Å². The molecule has 2 rings (SSSR count). The Bertz CT molecular complexity index is 870. The maximum Gasteiger partial charge on any atom is 0.410 e. The third-order valence-corrected chi connectivity index (χ3v) is 3.90. The van der Waals surface area contributed by atoms with Gasteiger partial charge >= 0.3 is 18.0 Å². The van der Waals surface area contributed by atoms with Crippen molar-refractivity contribution >= 4 is 24.5 Å². The van der Waals surface area contributed by atoms with E-state index in [-0.39, 0.29) is 38.0 Å². The van der Waals surface area contributed by atoms with Crippen LogP contribution in [0, 0.1) is 0 Å². The number of hydrogen-bond donors (Lipinski definition) is 3. The van der Waals surface area contributed by atoms with E-state index in [0.717, 1.165) is 10.2 Å². The maximum absolute atomic E-state index is 11.9. The number of rotatable bonds is 12. The first-order valence-electron chi connectivity index (χ1n) is 8.80. The van der Waals surface area contributed by atoms with Gasteiger partial charge in [-0.1, -0.05) is 35.5 Å². The molecular weight excluding hydrogens is 400 g/mol. The number of benzene rings is 1. The van der Waals surface area contributed by atoms with E-state index in [2.05, 4.69) is 15.6 Å². The Morgan fingerprint density at radius 3 is 2.57 bits per heavy atom. The first-order valence-corrected chi connectivity index (χ1v) is 8.80. The van der Waals surface area contributed by atoms with E-state index in [1.165, 1.54) is 6.20 Å². The van der Waals surface area contributed by atoms with Crippen LogP contribution in [0.2, 0.25) is 0 Å². The Labute approximate surface area is 170 Å². The molecule has 1 heterocycles. The summed E-state index contributed by atoms with van der Waals surface area (Å²) in [6, 6.07) is 7.72. The monoisotopic (exact) mass is 420 g/mol. The first kappa shape index (κ1) is 22.3. The molecule has 1 aromatic carbocycles. The lowest BCUT2D eigenvalue weighted by molar-refractivity contribution is -0.142. The standard InChI is InChI=1S/C18H20N4O8/c23-11-30-15(19-18(28)29-10-12-4-2-1-3-5-12)8-13-9-22(21-20-13)14(17(26)27)6-7-16(24)25/h1-5,9,11,14-15H,6-8,10H2,(H,19,28)(H,24,25)(H,26,27). The SMILES string of the molecule is O=COC(Cc1cn(C(CCC(=O)O)C(=O)O)nn1)NC(=O)OCc1ccccc1. The summed E-state index contributed by atoms with van der Waals surface area (Å²) in [6.45, 7) is 0.153. The number of alkyl carbamates (subject to hydrolysis) is 1. The van der Waals surface area contributed by atoms with Crippen molar-refractivity contribution in [1.82, 2.24) is 20.3 Å². The smallest absolute Gasteiger partial charge is 0.410 e. The number of nitrogens with zero attached hydrogens (tertiary/aromatic N) is 3. The highest BCUT2D eigenvalue weighted by atomic mass is 16.6. The van der Waals surface area contributed by atoms with Crippen LogP contribution >= 0.6 is 0 Å². The van der Waals surface area contributed by atoms with Gasteiger partial charge in [0.05, 0.1) is 5.69 Å². The predicted molar refractivity (Wildman–Crippen MR) is 98.0 cm³/mol. The topological polar surface area (TPSA) is 170 Å². The fraction of sp³-hybridized carbons (Fsp3) is 0.333. The van der Waals surface area contributed by atoms with Gasteiger partial charge in [0, 0.05) is 19.0 Å². The second-order valence-electron chi connectivity index (χ2n) is 6.11. The van der Waals surface area contributed by atoms with Crippen LogP contribution < -0.4 is 5.32 Å². The van der Waals surface area contributed by atoms with E-state index < -0.39 is 30.3 Å². The van der Waals surface area contributed by atoms with Crippen molar-refractivity contribution in [1.29, 1.82) is 0 Å². The molecule has 3 N–H and O–H groups in total. The van der Waals surface area contributed by atoms with Crippen molar-refractivity contribution < 1.29 is 38.9 Å². The number of carbonyl (C=O) groups is 4. The number of carboxylic acid groups (broad SMARTS) is 2. The summed E-state index contributed by atoms with van der Waals surface area (Å²) in [4.78, 5) is 44.7. The van der Waals surface area contributed by atoms with Crippen molar-refractivity contribution in [3.8, 4) is 0 Å². The van der Waals surface area contributed by atoms with Crippen LogP contribution in [0.5, 0.6) is 0 Å². The number of ether oxygens (including phenoxy) is 2. The van der Waals surface area contributed by atoms with Crippen molar-refractivity contribution in [2.45, 2.75) is 38.1 Å². The minimum atomic E-state index is -1.27. The van der Waals surface area contributed by atoms with Crippen molar-refractivity contribution in [3.05, 3.63) is 47.8 Å². The first-order chi connectivity index (χ1) is 14.4. The lowest BCUT2D eigenvalue weighted by Gasteiger charge is -2.15. The van der Waals surface area contributed by atoms with Gasteiger partial charge in [0.25, 0.3) is 6.47 Å². The molecule has 0 aliphatic carbocycles. The summed E-state index contributed by atoms with van der Waals surface area (Å²) in [5.41, 5.74) is 0.983. The van der Waals surface area contributed by atoms with Crippen LogP contribution in [0.1, 0.15) is 30.1 Å². The molecule has 0 saturated heterocycles. The summed E-state index contributed by atoms with van der Waals surface area (Å²) >= 11 is 0. The number of carboxylic acids is 2. The average molecular weight is 420 g/mol. The van der Waals surface area contributed by atoms with E-state index in [0.29, 0.717) is 0 Å². The van der Waals surface area contributed by atoms with Crippen LogP contribution in [0.4, 0.5) is 4.79 Å². The molecule has 0 bridgehead atoms. The fourth-order valence-corrected chi connectivity index (χ4v) is 2.47. The van der Waals surface area contributed by atoms with E-state index in [4.69, 9.17) is 14.6 Å². The number of nitrogens with one attached hydrogen (secondary N) is 1. The largest absolute Gasteiger partial charge is 0.481 e. The quantitative estimate of drug-likeness (QED) is 0.328. The zero-order chi connectivity index (χ0) is 21.9. The fourth-order valence-electron chi connectivity index (χ4n) is 2.47. The van der Waals surface area contributed by atoms with Crippen LogP contribution in [0.3, 0.4) is 0 Å². The Balaban J connectivity index is 1.95. The molecule has 2 atom stereocenters. The summed E-state index contributed by atoms with van der Waals surface area (Å²) < 4.78 is 10.9. The Kier molecular flexibility index (Phi) is 8.29. The van der Waals surface area contributed by atoms with Gasteiger partial charge in [-0.15, -0.1) is 5.10 Å². The number of hydrogen-bond acceptors (Lipinski definition) is 8. The lowest BCUT2D eigenvalue weighted by atomic mass is 10.1. The predicted octanol–water partition coefficient (Wildman–Crippen LogP) is 0.737. The van der Waals surface area contributed by atoms with E-state index in [1.54, 1.807) is 24.3 Å². The Morgan fingerprint density at radius 1 is 1.20 bits per heavy atom. The molecule has 0 radical (unpaired) electrons. The molecule has 12 heteroatoms. The molecule has 160 valence electrons. The normalized spacial score (nSPS) is 12.4. The summed E-state index contributed by atoms with van der Waals surface area (Å²) in [6.07, 6.45) is -1.34. The summed E-state index contributed by atoms with van der Waals surface area (Å²) in [7, 11) is 0. The molecule has 2 aromatic rings. The van der Waals surface area contributed by atoms with Gasteiger partial charge in [-0.2, -0.15) is 0 Å². The highest BCUT2D eigenvalue weighted by Crippen LogP contribution is 2.14. The van der Waals surface area contributed by atoms with Crippen LogP contribution in [0.25, 0.3) is 0 Å². The molecule has 0 aliphatic rings. The lowest BCUT2D eigenvalue weighted by Crippen LogP contribution is -2.38. The Morgan fingerprint density at radius 2 is 1.93 bits per heavy atom. The molecule has 0 fully saturated rings. The number of amides is 1. The van der Waals surface area contributed by atoms with Gasteiger partial charge in [0.15, 0.2) is 12.3 Å². The number of aliphatic carboxylic acids is 2. The zero-order valence-corrected chi connectivity index (χ0v) is 15.7. The Hall–Kier alpha value is -3.96. The summed E-state index contributed by atoms with van der Waals surface area (Å²) in [5, 5.41) is 27.8.